The summed E-state index contributed by atoms with van der Waals surface area (Å²) in [5.41, 5.74) is 0.344. The lowest BCUT2D eigenvalue weighted by atomic mass is 10.2. The molecule has 1 amide bonds. The van der Waals surface area contributed by atoms with Crippen molar-refractivity contribution in [3.05, 3.63) is 54.3 Å². The number of nitrogens with zero attached hydrogens (tertiary/aromatic N) is 1. The molecule has 0 aromatic heterocycles. The third kappa shape index (κ3) is 3.50. The molecule has 0 radical (unpaired) electrons. The van der Waals surface area contributed by atoms with Crippen molar-refractivity contribution in [1.82, 2.24) is 5.32 Å². The van der Waals surface area contributed by atoms with Gasteiger partial charge >= 0.3 is 0 Å². The number of amides is 1. The minimum atomic E-state index is -3.97. The van der Waals surface area contributed by atoms with Crippen LogP contribution in [0, 0.1) is 5.82 Å². The van der Waals surface area contributed by atoms with Crippen molar-refractivity contribution in [2.24, 2.45) is 0 Å². The molecule has 0 unspecified atom stereocenters. The van der Waals surface area contributed by atoms with Gasteiger partial charge in [-0.05, 0) is 42.8 Å². The van der Waals surface area contributed by atoms with Gasteiger partial charge in [-0.3, -0.25) is 9.10 Å². The highest BCUT2D eigenvalue weighted by molar-refractivity contribution is 7.92. The Hall–Kier alpha value is -2.61. The third-order valence-electron chi connectivity index (χ3n) is 3.98. The van der Waals surface area contributed by atoms with E-state index in [0.717, 1.165) is 22.9 Å². The summed E-state index contributed by atoms with van der Waals surface area (Å²) in [5.74, 6) is -0.593. The molecule has 1 atom stereocenters. The smallest absolute Gasteiger partial charge is 0.264 e. The summed E-state index contributed by atoms with van der Waals surface area (Å²) in [6.07, 6.45) is -0.209. The van der Waals surface area contributed by atoms with E-state index in [2.05, 4.69) is 5.32 Å². The van der Waals surface area contributed by atoms with Gasteiger partial charge in [0.05, 0.1) is 17.1 Å². The zero-order valence-corrected chi connectivity index (χ0v) is 15.0. The Morgan fingerprint density at radius 2 is 1.92 bits per heavy atom. The fraction of sp³-hybridized carbons (Fsp3) is 0.278. The molecule has 1 aliphatic rings. The molecule has 1 N–H and O–H groups in total. The SMILES string of the molecule is CCCNC(=O)[C@H]1CN(S(=O)(=O)c2ccc(F)cc2)c2ccccc2O1. The summed E-state index contributed by atoms with van der Waals surface area (Å²) in [6.45, 7) is 2.24. The molecule has 0 saturated heterocycles. The van der Waals surface area contributed by atoms with E-state index in [4.69, 9.17) is 4.74 Å². The Bertz CT molecular complexity index is 900. The first kappa shape index (κ1) is 18.2. The number of sulfonamides is 1. The molecule has 2 aromatic rings. The van der Waals surface area contributed by atoms with Crippen LogP contribution in [0.1, 0.15) is 13.3 Å². The van der Waals surface area contributed by atoms with Crippen molar-refractivity contribution in [2.45, 2.75) is 24.3 Å². The molecular weight excluding hydrogens is 359 g/mol. The molecule has 2 aromatic carbocycles. The van der Waals surface area contributed by atoms with Gasteiger partial charge in [0, 0.05) is 6.54 Å². The van der Waals surface area contributed by atoms with E-state index >= 15 is 0 Å². The van der Waals surface area contributed by atoms with Crippen molar-refractivity contribution in [1.29, 1.82) is 0 Å². The Balaban J connectivity index is 1.98. The first-order valence-electron chi connectivity index (χ1n) is 8.25. The summed E-state index contributed by atoms with van der Waals surface area (Å²) in [7, 11) is -3.97. The number of anilines is 1. The van der Waals surface area contributed by atoms with E-state index in [0.29, 0.717) is 18.0 Å². The Kier molecular flexibility index (Phi) is 5.13. The first-order valence-corrected chi connectivity index (χ1v) is 9.69. The first-order chi connectivity index (χ1) is 12.4. The monoisotopic (exact) mass is 378 g/mol. The molecular formula is C18H19FN2O4S. The molecule has 1 heterocycles. The van der Waals surface area contributed by atoms with Gasteiger partial charge in [-0.1, -0.05) is 19.1 Å². The van der Waals surface area contributed by atoms with Crippen molar-refractivity contribution in [3.8, 4) is 5.75 Å². The van der Waals surface area contributed by atoms with E-state index in [1.54, 1.807) is 24.3 Å². The van der Waals surface area contributed by atoms with Crippen LogP contribution in [0.4, 0.5) is 10.1 Å². The highest BCUT2D eigenvalue weighted by Crippen LogP contribution is 2.36. The second kappa shape index (κ2) is 7.33. The van der Waals surface area contributed by atoms with Gasteiger partial charge in [-0.15, -0.1) is 0 Å². The fourth-order valence-corrected chi connectivity index (χ4v) is 4.14. The lowest BCUT2D eigenvalue weighted by Gasteiger charge is -2.34. The van der Waals surface area contributed by atoms with E-state index in [1.165, 1.54) is 12.1 Å². The van der Waals surface area contributed by atoms with Crippen LogP contribution in [0.15, 0.2) is 53.4 Å². The summed E-state index contributed by atoms with van der Waals surface area (Å²) in [5, 5.41) is 2.72. The fourth-order valence-electron chi connectivity index (χ4n) is 2.66. The second-order valence-corrected chi connectivity index (χ2v) is 7.72. The standard InChI is InChI=1S/C18H19FN2O4S/c1-2-11-20-18(22)17-12-21(15-5-3-4-6-16(15)25-17)26(23,24)14-9-7-13(19)8-10-14/h3-10,17H,2,11-12H2,1H3,(H,20,22)/t17-/m1/s1. The predicted octanol–water partition coefficient (Wildman–Crippen LogP) is 2.31. The van der Waals surface area contributed by atoms with Crippen LogP contribution in [0.25, 0.3) is 0 Å². The van der Waals surface area contributed by atoms with Crippen molar-refractivity contribution in [2.75, 3.05) is 17.4 Å². The number of carbonyl (C=O) groups excluding carboxylic acids is 1. The molecule has 138 valence electrons. The summed E-state index contributed by atoms with van der Waals surface area (Å²) in [6, 6.07) is 11.2. The zero-order chi connectivity index (χ0) is 18.7. The number of nitrogens with one attached hydrogen (secondary N) is 1. The number of para-hydroxylation sites is 2. The Labute approximate surface area is 151 Å². The van der Waals surface area contributed by atoms with Crippen molar-refractivity contribution >= 4 is 21.6 Å². The average molecular weight is 378 g/mol. The number of ether oxygens (including phenoxy) is 1. The molecule has 6 nitrogen and oxygen atoms in total. The largest absolute Gasteiger partial charge is 0.476 e. The van der Waals surface area contributed by atoms with Crippen molar-refractivity contribution in [3.63, 3.8) is 0 Å². The maximum Gasteiger partial charge on any atom is 0.264 e. The van der Waals surface area contributed by atoms with Gasteiger partial charge in [0.2, 0.25) is 0 Å². The Morgan fingerprint density at radius 3 is 2.62 bits per heavy atom. The minimum absolute atomic E-state index is 0.0525. The van der Waals surface area contributed by atoms with E-state index in [1.807, 2.05) is 6.92 Å². The molecule has 0 aliphatic carbocycles. The number of benzene rings is 2. The van der Waals surface area contributed by atoms with Gasteiger partial charge in [0.1, 0.15) is 11.6 Å². The number of rotatable bonds is 5. The third-order valence-corrected chi connectivity index (χ3v) is 5.77. The topological polar surface area (TPSA) is 75.7 Å². The number of hydrogen-bond donors (Lipinski definition) is 1. The van der Waals surface area contributed by atoms with E-state index < -0.39 is 21.9 Å². The minimum Gasteiger partial charge on any atom is -0.476 e. The van der Waals surface area contributed by atoms with E-state index in [9.17, 15) is 17.6 Å². The number of halogens is 1. The van der Waals surface area contributed by atoms with Crippen LogP contribution in [-0.2, 0) is 14.8 Å². The normalized spacial score (nSPS) is 16.5. The molecule has 0 fully saturated rings. The Morgan fingerprint density at radius 1 is 1.23 bits per heavy atom. The van der Waals surface area contributed by atoms with E-state index in [-0.39, 0.29) is 17.3 Å². The predicted molar refractivity (Wildman–Crippen MR) is 95.1 cm³/mol. The second-order valence-electron chi connectivity index (χ2n) is 5.86. The van der Waals surface area contributed by atoms with Crippen LogP contribution < -0.4 is 14.4 Å². The number of hydrogen-bond acceptors (Lipinski definition) is 4. The molecule has 26 heavy (non-hydrogen) atoms. The van der Waals surface area contributed by atoms with Gasteiger partial charge in [-0.25, -0.2) is 12.8 Å². The lowest BCUT2D eigenvalue weighted by Crippen LogP contribution is -2.50. The number of fused-ring (bicyclic) bond motifs is 1. The van der Waals surface area contributed by atoms with Gasteiger partial charge < -0.3 is 10.1 Å². The molecule has 3 rings (SSSR count). The zero-order valence-electron chi connectivity index (χ0n) is 14.2. The summed E-state index contributed by atoms with van der Waals surface area (Å²) < 4.78 is 46.1. The van der Waals surface area contributed by atoms with Crippen LogP contribution in [0.2, 0.25) is 0 Å². The van der Waals surface area contributed by atoms with Crippen LogP contribution in [-0.4, -0.2) is 33.5 Å². The lowest BCUT2D eigenvalue weighted by molar-refractivity contribution is -0.127. The highest BCUT2D eigenvalue weighted by Gasteiger charge is 2.37. The molecule has 8 heteroatoms. The summed E-state index contributed by atoms with van der Waals surface area (Å²) >= 11 is 0. The molecule has 1 aliphatic heterocycles. The van der Waals surface area contributed by atoms with Gasteiger partial charge in [-0.2, -0.15) is 0 Å². The molecule has 0 bridgehead atoms. The van der Waals surface area contributed by atoms with Crippen LogP contribution in [0.5, 0.6) is 5.75 Å². The van der Waals surface area contributed by atoms with Crippen LogP contribution >= 0.6 is 0 Å². The number of carbonyl (C=O) groups is 1. The quantitative estimate of drug-likeness (QED) is 0.866. The maximum absolute atomic E-state index is 13.2. The highest BCUT2D eigenvalue weighted by atomic mass is 32.2. The van der Waals surface area contributed by atoms with Crippen LogP contribution in [0.3, 0.4) is 0 Å². The molecule has 0 spiro atoms. The van der Waals surface area contributed by atoms with Gasteiger partial charge in [0.15, 0.2) is 6.10 Å². The van der Waals surface area contributed by atoms with Crippen molar-refractivity contribution < 1.29 is 22.3 Å². The summed E-state index contributed by atoms with van der Waals surface area (Å²) in [4.78, 5) is 12.3. The average Bonchev–Trinajstić information content (AvgIpc) is 2.65. The maximum atomic E-state index is 13.2. The molecule has 0 saturated carbocycles. The van der Waals surface area contributed by atoms with Gasteiger partial charge in [0.25, 0.3) is 15.9 Å².